The molecule has 2 aromatic carbocycles. The lowest BCUT2D eigenvalue weighted by Crippen LogP contribution is -2.48. The van der Waals surface area contributed by atoms with Gasteiger partial charge in [-0.3, -0.25) is 10.2 Å². The predicted molar refractivity (Wildman–Crippen MR) is 120 cm³/mol. The highest BCUT2D eigenvalue weighted by atomic mass is 32.2. The molecule has 1 aliphatic rings. The van der Waals surface area contributed by atoms with Crippen molar-refractivity contribution in [1.29, 1.82) is 5.41 Å². The van der Waals surface area contributed by atoms with Gasteiger partial charge in [-0.05, 0) is 67.3 Å². The molecule has 0 saturated heterocycles. The number of carbonyl (C=O) groups is 1. The number of benzene rings is 2. The summed E-state index contributed by atoms with van der Waals surface area (Å²) in [6, 6.07) is 11.7. The van der Waals surface area contributed by atoms with Crippen LogP contribution in [0, 0.1) is 11.3 Å². The van der Waals surface area contributed by atoms with Crippen molar-refractivity contribution in [3.05, 3.63) is 54.1 Å². The maximum atomic E-state index is 13.1. The van der Waals surface area contributed by atoms with Gasteiger partial charge in [0.15, 0.2) is 0 Å². The number of ether oxygens (including phenoxy) is 1. The Balaban J connectivity index is 1.81. The normalized spacial score (nSPS) is 15.8. The molecule has 0 radical (unpaired) electrons. The van der Waals surface area contributed by atoms with E-state index in [0.29, 0.717) is 17.0 Å². The van der Waals surface area contributed by atoms with Gasteiger partial charge in [-0.2, -0.15) is 4.72 Å². The van der Waals surface area contributed by atoms with Gasteiger partial charge in [0, 0.05) is 11.3 Å². The minimum Gasteiger partial charge on any atom is -0.497 e. The van der Waals surface area contributed by atoms with Crippen molar-refractivity contribution >= 4 is 27.5 Å². The van der Waals surface area contributed by atoms with Crippen LogP contribution in [0.25, 0.3) is 0 Å². The summed E-state index contributed by atoms with van der Waals surface area (Å²) in [6.45, 7) is 0. The number of rotatable bonds is 8. The molecule has 8 nitrogen and oxygen atoms in total. The van der Waals surface area contributed by atoms with E-state index in [9.17, 15) is 13.2 Å². The number of amidine groups is 1. The first-order valence-electron chi connectivity index (χ1n) is 10.2. The minimum atomic E-state index is -3.90. The van der Waals surface area contributed by atoms with Gasteiger partial charge in [-0.1, -0.05) is 19.3 Å². The van der Waals surface area contributed by atoms with Gasteiger partial charge < -0.3 is 15.8 Å². The highest BCUT2D eigenvalue weighted by Gasteiger charge is 2.33. The number of anilines is 1. The molecule has 5 N–H and O–H groups in total. The van der Waals surface area contributed by atoms with Crippen molar-refractivity contribution in [2.24, 2.45) is 11.7 Å². The summed E-state index contributed by atoms with van der Waals surface area (Å²) in [4.78, 5) is 13.2. The summed E-state index contributed by atoms with van der Waals surface area (Å²) >= 11 is 0. The second-order valence-corrected chi connectivity index (χ2v) is 9.37. The fraction of sp³-hybridized carbons (Fsp3) is 0.364. The van der Waals surface area contributed by atoms with E-state index < -0.39 is 22.0 Å². The molecule has 0 aromatic heterocycles. The Labute approximate surface area is 182 Å². The van der Waals surface area contributed by atoms with Gasteiger partial charge in [0.2, 0.25) is 15.9 Å². The number of hydrogen-bond donors (Lipinski definition) is 4. The lowest BCUT2D eigenvalue weighted by Gasteiger charge is -2.30. The number of hydrogen-bond acceptors (Lipinski definition) is 5. The van der Waals surface area contributed by atoms with Crippen LogP contribution in [0.5, 0.6) is 5.75 Å². The van der Waals surface area contributed by atoms with Gasteiger partial charge in [-0.25, -0.2) is 8.42 Å². The number of amides is 1. The van der Waals surface area contributed by atoms with Crippen LogP contribution in [0.3, 0.4) is 0 Å². The van der Waals surface area contributed by atoms with E-state index in [4.69, 9.17) is 15.9 Å². The maximum absolute atomic E-state index is 13.1. The third-order valence-electron chi connectivity index (χ3n) is 5.52. The van der Waals surface area contributed by atoms with Gasteiger partial charge in [0.25, 0.3) is 0 Å². The summed E-state index contributed by atoms with van der Waals surface area (Å²) in [7, 11) is -2.39. The Morgan fingerprint density at radius 2 is 1.68 bits per heavy atom. The van der Waals surface area contributed by atoms with Crippen molar-refractivity contribution in [3.8, 4) is 5.75 Å². The van der Waals surface area contributed by atoms with E-state index in [1.54, 1.807) is 36.4 Å². The molecule has 0 spiro atoms. The quantitative estimate of drug-likeness (QED) is 0.367. The van der Waals surface area contributed by atoms with Crippen LogP contribution in [-0.4, -0.2) is 33.3 Å². The summed E-state index contributed by atoms with van der Waals surface area (Å²) in [6.07, 6.45) is 4.58. The van der Waals surface area contributed by atoms with Crippen molar-refractivity contribution < 1.29 is 17.9 Å². The smallest absolute Gasteiger partial charge is 0.242 e. The first-order chi connectivity index (χ1) is 14.8. The predicted octanol–water partition coefficient (Wildman–Crippen LogP) is 2.85. The van der Waals surface area contributed by atoms with Crippen LogP contribution in [0.4, 0.5) is 5.69 Å². The fourth-order valence-electron chi connectivity index (χ4n) is 3.77. The Morgan fingerprint density at radius 1 is 1.06 bits per heavy atom. The Kier molecular flexibility index (Phi) is 7.29. The van der Waals surface area contributed by atoms with Crippen LogP contribution < -0.4 is 20.5 Å². The van der Waals surface area contributed by atoms with E-state index in [0.717, 1.165) is 32.1 Å². The third kappa shape index (κ3) is 5.83. The van der Waals surface area contributed by atoms with Crippen LogP contribution in [0.1, 0.15) is 37.7 Å². The largest absolute Gasteiger partial charge is 0.497 e. The summed E-state index contributed by atoms with van der Waals surface area (Å²) in [5, 5.41) is 10.3. The molecule has 9 heteroatoms. The minimum absolute atomic E-state index is 0.0646. The molecule has 0 bridgehead atoms. The van der Waals surface area contributed by atoms with Crippen molar-refractivity contribution in [3.63, 3.8) is 0 Å². The number of methoxy groups -OCH3 is 1. The van der Waals surface area contributed by atoms with Crippen LogP contribution in [-0.2, 0) is 14.8 Å². The van der Waals surface area contributed by atoms with Gasteiger partial charge in [0.1, 0.15) is 17.6 Å². The van der Waals surface area contributed by atoms with Crippen molar-refractivity contribution in [2.75, 3.05) is 12.4 Å². The fourth-order valence-corrected chi connectivity index (χ4v) is 5.04. The van der Waals surface area contributed by atoms with Crippen LogP contribution >= 0.6 is 0 Å². The topological polar surface area (TPSA) is 134 Å². The Hall–Kier alpha value is -2.91. The summed E-state index contributed by atoms with van der Waals surface area (Å²) in [5.41, 5.74) is 6.52. The third-order valence-corrected chi connectivity index (χ3v) is 6.98. The molecule has 166 valence electrons. The standard InChI is InChI=1S/C22H28N4O4S/c1-30-18-11-13-19(14-12-18)31(28,29)26-20(15-5-3-2-4-6-15)22(27)25-17-9-7-16(8-10-17)21(23)24/h7-15,20,26H,2-6H2,1H3,(H3,23,24)(H,25,27)/t20-/m1/s1. The SMILES string of the molecule is COc1ccc(S(=O)(=O)N[C@@H](C(=O)Nc2ccc(C(=N)N)cc2)C2CCCCC2)cc1. The van der Waals surface area contributed by atoms with Crippen molar-refractivity contribution in [1.82, 2.24) is 4.72 Å². The van der Waals surface area contributed by atoms with Gasteiger partial charge in [0.05, 0.1) is 12.0 Å². The Morgan fingerprint density at radius 3 is 2.23 bits per heavy atom. The average Bonchev–Trinajstić information content (AvgIpc) is 2.78. The first-order valence-corrected chi connectivity index (χ1v) is 11.7. The lowest BCUT2D eigenvalue weighted by molar-refractivity contribution is -0.119. The number of nitrogens with one attached hydrogen (secondary N) is 3. The molecule has 1 atom stereocenters. The number of nitrogens with two attached hydrogens (primary N) is 1. The molecule has 0 aliphatic heterocycles. The second-order valence-electron chi connectivity index (χ2n) is 7.65. The molecular weight excluding hydrogens is 416 g/mol. The zero-order valence-corrected chi connectivity index (χ0v) is 18.2. The van der Waals surface area contributed by atoms with E-state index in [-0.39, 0.29) is 16.6 Å². The Bertz CT molecular complexity index is 1010. The van der Waals surface area contributed by atoms with E-state index in [2.05, 4.69) is 10.0 Å². The zero-order valence-electron chi connectivity index (χ0n) is 17.4. The molecule has 1 saturated carbocycles. The molecular formula is C22H28N4O4S. The van der Waals surface area contributed by atoms with Crippen LogP contribution in [0.15, 0.2) is 53.4 Å². The summed E-state index contributed by atoms with van der Waals surface area (Å²) in [5.74, 6) is -0.00225. The van der Waals surface area contributed by atoms with E-state index >= 15 is 0 Å². The molecule has 1 aliphatic carbocycles. The van der Waals surface area contributed by atoms with Gasteiger partial charge in [-0.15, -0.1) is 0 Å². The van der Waals surface area contributed by atoms with E-state index in [1.807, 2.05) is 0 Å². The molecule has 1 amide bonds. The highest BCUT2D eigenvalue weighted by Crippen LogP contribution is 2.28. The van der Waals surface area contributed by atoms with Crippen molar-refractivity contribution in [2.45, 2.75) is 43.0 Å². The molecule has 1 fully saturated rings. The molecule has 0 unspecified atom stereocenters. The highest BCUT2D eigenvalue weighted by molar-refractivity contribution is 7.89. The monoisotopic (exact) mass is 444 g/mol. The van der Waals surface area contributed by atoms with Gasteiger partial charge >= 0.3 is 0 Å². The number of sulfonamides is 1. The number of nitrogen functional groups attached to an aromatic ring is 1. The zero-order chi connectivity index (χ0) is 22.4. The van der Waals surface area contributed by atoms with Crippen LogP contribution in [0.2, 0.25) is 0 Å². The first kappa shape index (κ1) is 22.8. The maximum Gasteiger partial charge on any atom is 0.242 e. The number of carbonyl (C=O) groups excluding carboxylic acids is 1. The molecule has 2 aromatic rings. The second kappa shape index (κ2) is 9.93. The van der Waals surface area contributed by atoms with E-state index in [1.165, 1.54) is 19.2 Å². The molecule has 31 heavy (non-hydrogen) atoms. The molecule has 0 heterocycles. The molecule has 3 rings (SSSR count). The lowest BCUT2D eigenvalue weighted by atomic mass is 9.84. The average molecular weight is 445 g/mol. The summed E-state index contributed by atoms with van der Waals surface area (Å²) < 4.78 is 33.7.